The van der Waals surface area contributed by atoms with Crippen molar-refractivity contribution in [1.29, 1.82) is 0 Å². The highest BCUT2D eigenvalue weighted by Gasteiger charge is 2.35. The zero-order chi connectivity index (χ0) is 13.6. The van der Waals surface area contributed by atoms with Crippen molar-refractivity contribution >= 4 is 0 Å². The maximum atomic E-state index is 3.75. The van der Waals surface area contributed by atoms with E-state index in [0.717, 1.165) is 12.5 Å². The number of piperazine rings is 1. The number of hydrogen-bond acceptors (Lipinski definition) is 2. The van der Waals surface area contributed by atoms with E-state index in [4.69, 9.17) is 0 Å². The molecule has 1 aliphatic rings. The molecular weight excluding hydrogens is 220 g/mol. The first-order chi connectivity index (χ1) is 8.51. The number of nitrogens with one attached hydrogen (secondary N) is 1. The van der Waals surface area contributed by atoms with E-state index in [1.54, 1.807) is 0 Å². The molecule has 2 atom stereocenters. The highest BCUT2D eigenvalue weighted by molar-refractivity contribution is 4.94. The predicted molar refractivity (Wildman–Crippen MR) is 81.0 cm³/mol. The topological polar surface area (TPSA) is 15.3 Å². The first-order valence-corrected chi connectivity index (χ1v) is 8.00. The molecule has 0 bridgehead atoms. The van der Waals surface area contributed by atoms with Gasteiger partial charge >= 0.3 is 0 Å². The largest absolute Gasteiger partial charge is 0.311 e. The number of nitrogens with zero attached hydrogens (tertiary/aromatic N) is 1. The highest BCUT2D eigenvalue weighted by Crippen LogP contribution is 2.24. The van der Waals surface area contributed by atoms with Gasteiger partial charge in [0.25, 0.3) is 0 Å². The molecule has 0 spiro atoms. The van der Waals surface area contributed by atoms with Gasteiger partial charge in [-0.1, -0.05) is 34.1 Å². The smallest absolute Gasteiger partial charge is 0.0303 e. The van der Waals surface area contributed by atoms with Crippen molar-refractivity contribution in [2.75, 3.05) is 19.6 Å². The third-order valence-electron chi connectivity index (χ3n) is 4.58. The third kappa shape index (κ3) is 4.55. The van der Waals surface area contributed by atoms with E-state index >= 15 is 0 Å². The Kier molecular flexibility index (Phi) is 6.65. The van der Waals surface area contributed by atoms with Crippen LogP contribution in [0.5, 0.6) is 0 Å². The maximum absolute atomic E-state index is 3.75. The van der Waals surface area contributed by atoms with E-state index in [0.29, 0.717) is 11.6 Å². The Morgan fingerprint density at radius 2 is 2.06 bits per heavy atom. The molecule has 0 radical (unpaired) electrons. The van der Waals surface area contributed by atoms with E-state index in [-0.39, 0.29) is 0 Å². The zero-order valence-corrected chi connectivity index (χ0v) is 13.3. The van der Waals surface area contributed by atoms with Crippen LogP contribution in [0.1, 0.15) is 66.7 Å². The average molecular weight is 254 g/mol. The molecule has 0 aromatic carbocycles. The van der Waals surface area contributed by atoms with Crippen molar-refractivity contribution in [2.45, 2.75) is 78.3 Å². The van der Waals surface area contributed by atoms with Gasteiger partial charge in [0.2, 0.25) is 0 Å². The summed E-state index contributed by atoms with van der Waals surface area (Å²) in [6.45, 7) is 15.4. The molecule has 1 fully saturated rings. The lowest BCUT2D eigenvalue weighted by atomic mass is 9.90. The average Bonchev–Trinajstić information content (AvgIpc) is 2.33. The van der Waals surface area contributed by atoms with Gasteiger partial charge in [-0.3, -0.25) is 4.90 Å². The minimum atomic E-state index is 0.376. The molecule has 1 N–H and O–H groups in total. The van der Waals surface area contributed by atoms with Crippen molar-refractivity contribution in [3.05, 3.63) is 0 Å². The normalized spacial score (nSPS) is 30.0. The Morgan fingerprint density at radius 3 is 2.61 bits per heavy atom. The lowest BCUT2D eigenvalue weighted by Gasteiger charge is -2.48. The molecule has 108 valence electrons. The standard InChI is InChI=1S/C16H34N2/c1-6-9-15-12-18(11-8-10-14(3)4)16(5,7-2)13-17-15/h14-15,17H,6-13H2,1-5H3. The first kappa shape index (κ1) is 16.0. The molecule has 1 heterocycles. The van der Waals surface area contributed by atoms with E-state index in [2.05, 4.69) is 44.8 Å². The maximum Gasteiger partial charge on any atom is 0.0303 e. The first-order valence-electron chi connectivity index (χ1n) is 8.00. The van der Waals surface area contributed by atoms with E-state index in [1.165, 1.54) is 45.2 Å². The molecule has 1 rings (SSSR count). The van der Waals surface area contributed by atoms with Crippen molar-refractivity contribution in [2.24, 2.45) is 5.92 Å². The van der Waals surface area contributed by atoms with Crippen molar-refractivity contribution in [3.63, 3.8) is 0 Å². The van der Waals surface area contributed by atoms with Crippen molar-refractivity contribution in [3.8, 4) is 0 Å². The Balaban J connectivity index is 2.50. The molecule has 2 heteroatoms. The second-order valence-electron chi connectivity index (χ2n) is 6.70. The van der Waals surface area contributed by atoms with Crippen molar-refractivity contribution in [1.82, 2.24) is 10.2 Å². The summed E-state index contributed by atoms with van der Waals surface area (Å²) in [6.07, 6.45) is 6.58. The minimum absolute atomic E-state index is 0.376. The SMILES string of the molecule is CCCC1CN(CCCC(C)C)C(C)(CC)CN1. The van der Waals surface area contributed by atoms with Crippen molar-refractivity contribution < 1.29 is 0 Å². The molecule has 18 heavy (non-hydrogen) atoms. The van der Waals surface area contributed by atoms with Crippen LogP contribution in [0.4, 0.5) is 0 Å². The van der Waals surface area contributed by atoms with Gasteiger partial charge in [0.15, 0.2) is 0 Å². The Bertz CT molecular complexity index is 227. The summed E-state index contributed by atoms with van der Waals surface area (Å²) in [7, 11) is 0. The molecule has 0 aliphatic carbocycles. The van der Waals surface area contributed by atoms with Crippen LogP contribution < -0.4 is 5.32 Å². The zero-order valence-electron chi connectivity index (χ0n) is 13.3. The van der Waals surface area contributed by atoms with Crippen LogP contribution in [0.15, 0.2) is 0 Å². The summed E-state index contributed by atoms with van der Waals surface area (Å²) in [6, 6.07) is 0.716. The fourth-order valence-electron chi connectivity index (χ4n) is 2.97. The van der Waals surface area contributed by atoms with Gasteiger partial charge in [-0.05, 0) is 45.1 Å². The van der Waals surface area contributed by atoms with Gasteiger partial charge in [-0.25, -0.2) is 0 Å². The van der Waals surface area contributed by atoms with Crippen LogP contribution in [-0.2, 0) is 0 Å². The van der Waals surface area contributed by atoms with Gasteiger partial charge in [0.05, 0.1) is 0 Å². The lowest BCUT2D eigenvalue weighted by Crippen LogP contribution is -2.63. The van der Waals surface area contributed by atoms with Crippen LogP contribution in [0.2, 0.25) is 0 Å². The molecule has 0 aromatic heterocycles. The summed E-state index contributed by atoms with van der Waals surface area (Å²) in [4.78, 5) is 2.76. The summed E-state index contributed by atoms with van der Waals surface area (Å²) in [5.74, 6) is 0.840. The lowest BCUT2D eigenvalue weighted by molar-refractivity contribution is 0.0447. The van der Waals surface area contributed by atoms with E-state index in [1.807, 2.05) is 0 Å². The molecule has 0 amide bonds. The molecule has 1 aliphatic heterocycles. The van der Waals surface area contributed by atoms with E-state index < -0.39 is 0 Å². The Labute approximate surface area is 115 Å². The Morgan fingerprint density at radius 1 is 1.33 bits per heavy atom. The van der Waals surface area contributed by atoms with Gasteiger partial charge in [0, 0.05) is 24.7 Å². The molecular formula is C16H34N2. The summed E-state index contributed by atoms with van der Waals surface area (Å²) in [5.41, 5.74) is 0.376. The van der Waals surface area contributed by atoms with Crippen LogP contribution in [-0.4, -0.2) is 36.1 Å². The summed E-state index contributed by atoms with van der Waals surface area (Å²) >= 11 is 0. The fraction of sp³-hybridized carbons (Fsp3) is 1.00. The highest BCUT2D eigenvalue weighted by atomic mass is 15.3. The molecule has 2 unspecified atom stereocenters. The van der Waals surface area contributed by atoms with Crippen LogP contribution in [0.3, 0.4) is 0 Å². The monoisotopic (exact) mass is 254 g/mol. The molecule has 1 saturated heterocycles. The van der Waals surface area contributed by atoms with Gasteiger partial charge in [-0.15, -0.1) is 0 Å². The second-order valence-corrected chi connectivity index (χ2v) is 6.70. The number of hydrogen-bond donors (Lipinski definition) is 1. The molecule has 2 nitrogen and oxygen atoms in total. The predicted octanol–water partition coefficient (Wildman–Crippen LogP) is 3.67. The van der Waals surface area contributed by atoms with E-state index in [9.17, 15) is 0 Å². The third-order valence-corrected chi connectivity index (χ3v) is 4.58. The Hall–Kier alpha value is -0.0800. The van der Waals surface area contributed by atoms with Crippen LogP contribution in [0, 0.1) is 5.92 Å². The van der Waals surface area contributed by atoms with Gasteiger partial charge in [-0.2, -0.15) is 0 Å². The second kappa shape index (κ2) is 7.49. The minimum Gasteiger partial charge on any atom is -0.311 e. The molecule has 0 saturated carbocycles. The van der Waals surface area contributed by atoms with Crippen LogP contribution >= 0.6 is 0 Å². The number of rotatable bonds is 7. The molecule has 0 aromatic rings. The fourth-order valence-corrected chi connectivity index (χ4v) is 2.97. The summed E-state index contributed by atoms with van der Waals surface area (Å²) < 4.78 is 0. The van der Waals surface area contributed by atoms with Crippen LogP contribution in [0.25, 0.3) is 0 Å². The van der Waals surface area contributed by atoms with Gasteiger partial charge in [0.1, 0.15) is 0 Å². The summed E-state index contributed by atoms with van der Waals surface area (Å²) in [5, 5.41) is 3.75. The van der Waals surface area contributed by atoms with Gasteiger partial charge < -0.3 is 5.32 Å². The quantitative estimate of drug-likeness (QED) is 0.746.